The van der Waals surface area contributed by atoms with Crippen molar-refractivity contribution in [2.75, 3.05) is 13.6 Å². The predicted molar refractivity (Wildman–Crippen MR) is 51.6 cm³/mol. The zero-order chi connectivity index (χ0) is 7.56. The number of hydrogen-bond acceptors (Lipinski definition) is 1. The maximum absolute atomic E-state index is 3.36. The highest BCUT2D eigenvalue weighted by molar-refractivity contribution is 9.28. The van der Waals surface area contributed by atoms with Crippen molar-refractivity contribution in [2.45, 2.75) is 18.9 Å². The third kappa shape index (κ3) is 2.36. The van der Waals surface area contributed by atoms with Crippen molar-refractivity contribution in [3.8, 4) is 0 Å². The summed E-state index contributed by atoms with van der Waals surface area (Å²) in [5.74, 6) is 0. The van der Waals surface area contributed by atoms with Crippen molar-refractivity contribution < 1.29 is 0 Å². The van der Waals surface area contributed by atoms with Gasteiger partial charge in [0.1, 0.15) is 0 Å². The SMILES string of the molecule is CN1CCCC1C=C(Br)Br. The second-order valence-electron chi connectivity index (χ2n) is 2.65. The van der Waals surface area contributed by atoms with Gasteiger partial charge in [0.05, 0.1) is 3.39 Å². The highest BCUT2D eigenvalue weighted by Crippen LogP contribution is 2.21. The molecule has 1 aliphatic rings. The summed E-state index contributed by atoms with van der Waals surface area (Å²) in [6, 6.07) is 0.633. The standard InChI is InChI=1S/C7H11Br2N/c1-10-4-2-3-6(10)5-7(8)9/h5-6H,2-4H2,1H3. The first-order chi connectivity index (χ1) is 4.70. The number of likely N-dealkylation sites (N-methyl/N-ethyl adjacent to an activating group) is 1. The highest BCUT2D eigenvalue weighted by atomic mass is 79.9. The van der Waals surface area contributed by atoms with E-state index in [0.29, 0.717) is 6.04 Å². The van der Waals surface area contributed by atoms with Gasteiger partial charge in [-0.15, -0.1) is 0 Å². The molecule has 0 saturated carbocycles. The zero-order valence-corrected chi connectivity index (χ0v) is 9.15. The van der Waals surface area contributed by atoms with Crippen LogP contribution in [0.4, 0.5) is 0 Å². The molecule has 3 heteroatoms. The zero-order valence-electron chi connectivity index (χ0n) is 5.98. The van der Waals surface area contributed by atoms with E-state index in [4.69, 9.17) is 0 Å². The molecule has 1 unspecified atom stereocenters. The molecule has 0 radical (unpaired) electrons. The van der Waals surface area contributed by atoms with E-state index < -0.39 is 0 Å². The molecule has 58 valence electrons. The van der Waals surface area contributed by atoms with Gasteiger partial charge < -0.3 is 0 Å². The Bertz CT molecular complexity index is 141. The minimum atomic E-state index is 0.633. The van der Waals surface area contributed by atoms with Crippen LogP contribution in [0, 0.1) is 0 Å². The lowest BCUT2D eigenvalue weighted by atomic mass is 10.2. The molecule has 0 amide bonds. The Morgan fingerprint density at radius 3 is 2.70 bits per heavy atom. The quantitative estimate of drug-likeness (QED) is 0.707. The molecule has 0 aromatic carbocycles. The fourth-order valence-electron chi connectivity index (χ4n) is 1.29. The van der Waals surface area contributed by atoms with E-state index in [9.17, 15) is 0 Å². The molecule has 0 spiro atoms. The first-order valence-electron chi connectivity index (χ1n) is 3.43. The molecule has 0 N–H and O–H groups in total. The van der Waals surface area contributed by atoms with E-state index in [1.54, 1.807) is 0 Å². The molecule has 10 heavy (non-hydrogen) atoms. The van der Waals surface area contributed by atoms with Crippen molar-refractivity contribution >= 4 is 31.9 Å². The molecular weight excluding hydrogens is 258 g/mol. The summed E-state index contributed by atoms with van der Waals surface area (Å²) in [5, 5.41) is 0. The Labute approximate surface area is 78.7 Å². The van der Waals surface area contributed by atoms with Crippen molar-refractivity contribution in [1.82, 2.24) is 4.90 Å². The minimum Gasteiger partial charge on any atom is -0.300 e. The third-order valence-corrected chi connectivity index (χ3v) is 2.42. The van der Waals surface area contributed by atoms with E-state index >= 15 is 0 Å². The van der Waals surface area contributed by atoms with Crippen molar-refractivity contribution in [2.24, 2.45) is 0 Å². The van der Waals surface area contributed by atoms with Gasteiger partial charge in [0.2, 0.25) is 0 Å². The summed E-state index contributed by atoms with van der Waals surface area (Å²) < 4.78 is 1.07. The van der Waals surface area contributed by atoms with E-state index in [1.165, 1.54) is 19.4 Å². The van der Waals surface area contributed by atoms with Crippen molar-refractivity contribution in [3.05, 3.63) is 9.47 Å². The molecule has 1 nitrogen and oxygen atoms in total. The lowest BCUT2D eigenvalue weighted by Crippen LogP contribution is -2.22. The molecule has 1 heterocycles. The fraction of sp³-hybridized carbons (Fsp3) is 0.714. The maximum Gasteiger partial charge on any atom is 0.0579 e. The third-order valence-electron chi connectivity index (χ3n) is 1.90. The number of halogens is 2. The average molecular weight is 269 g/mol. The molecule has 0 bridgehead atoms. The molecule has 1 saturated heterocycles. The lowest BCUT2D eigenvalue weighted by molar-refractivity contribution is 0.357. The molecule has 1 rings (SSSR count). The summed E-state index contributed by atoms with van der Waals surface area (Å²) in [5.41, 5.74) is 0. The largest absolute Gasteiger partial charge is 0.300 e. The topological polar surface area (TPSA) is 3.24 Å². The van der Waals surface area contributed by atoms with Crippen LogP contribution in [-0.4, -0.2) is 24.5 Å². The van der Waals surface area contributed by atoms with Crippen LogP contribution in [0.15, 0.2) is 9.47 Å². The van der Waals surface area contributed by atoms with E-state index in [1.807, 2.05) is 0 Å². The summed E-state index contributed by atoms with van der Waals surface area (Å²) in [7, 11) is 2.16. The smallest absolute Gasteiger partial charge is 0.0579 e. The summed E-state index contributed by atoms with van der Waals surface area (Å²) >= 11 is 6.73. The minimum absolute atomic E-state index is 0.633. The number of rotatable bonds is 1. The lowest BCUT2D eigenvalue weighted by Gasteiger charge is -2.14. The second-order valence-corrected chi connectivity index (χ2v) is 5.42. The van der Waals surface area contributed by atoms with Crippen LogP contribution in [0.1, 0.15) is 12.8 Å². The first kappa shape index (κ1) is 8.75. The molecule has 1 aliphatic heterocycles. The first-order valence-corrected chi connectivity index (χ1v) is 5.02. The highest BCUT2D eigenvalue weighted by Gasteiger charge is 2.17. The normalized spacial score (nSPS) is 26.9. The van der Waals surface area contributed by atoms with Gasteiger partial charge in [-0.25, -0.2) is 0 Å². The van der Waals surface area contributed by atoms with Crippen molar-refractivity contribution in [1.29, 1.82) is 0 Å². The number of hydrogen-bond donors (Lipinski definition) is 0. The van der Waals surface area contributed by atoms with Crippen LogP contribution in [-0.2, 0) is 0 Å². The van der Waals surface area contributed by atoms with Crippen molar-refractivity contribution in [3.63, 3.8) is 0 Å². The summed E-state index contributed by atoms with van der Waals surface area (Å²) in [6.45, 7) is 1.23. The molecule has 0 aromatic heterocycles. The summed E-state index contributed by atoms with van der Waals surface area (Å²) in [6.07, 6.45) is 4.81. The van der Waals surface area contributed by atoms with Crippen LogP contribution in [0.25, 0.3) is 0 Å². The van der Waals surface area contributed by atoms with Crippen LogP contribution in [0.2, 0.25) is 0 Å². The van der Waals surface area contributed by atoms with Gasteiger partial charge in [-0.2, -0.15) is 0 Å². The fourth-order valence-corrected chi connectivity index (χ4v) is 1.90. The Morgan fingerprint density at radius 2 is 2.30 bits per heavy atom. The van der Waals surface area contributed by atoms with Crippen LogP contribution < -0.4 is 0 Å². The summed E-state index contributed by atoms with van der Waals surface area (Å²) in [4.78, 5) is 2.36. The van der Waals surface area contributed by atoms with Gasteiger partial charge in [0, 0.05) is 6.04 Å². The van der Waals surface area contributed by atoms with E-state index in [-0.39, 0.29) is 0 Å². The number of nitrogens with zero attached hydrogens (tertiary/aromatic N) is 1. The van der Waals surface area contributed by atoms with Crippen LogP contribution in [0.5, 0.6) is 0 Å². The molecular formula is C7H11Br2N. The maximum atomic E-state index is 3.36. The second kappa shape index (κ2) is 3.88. The molecule has 0 aliphatic carbocycles. The van der Waals surface area contributed by atoms with Gasteiger partial charge in [-0.05, 0) is 64.4 Å². The van der Waals surface area contributed by atoms with Crippen LogP contribution in [0.3, 0.4) is 0 Å². The Balaban J connectivity index is 2.48. The molecule has 1 atom stereocenters. The van der Waals surface area contributed by atoms with Gasteiger partial charge in [0.15, 0.2) is 0 Å². The van der Waals surface area contributed by atoms with Crippen LogP contribution >= 0.6 is 31.9 Å². The van der Waals surface area contributed by atoms with E-state index in [0.717, 1.165) is 3.39 Å². The Morgan fingerprint density at radius 1 is 1.60 bits per heavy atom. The average Bonchev–Trinajstić information content (AvgIpc) is 2.15. The Kier molecular flexibility index (Phi) is 3.40. The monoisotopic (exact) mass is 267 g/mol. The van der Waals surface area contributed by atoms with Gasteiger partial charge in [-0.1, -0.05) is 0 Å². The molecule has 1 fully saturated rings. The Hall–Kier alpha value is 0.660. The predicted octanol–water partition coefficient (Wildman–Crippen LogP) is 2.71. The van der Waals surface area contributed by atoms with Gasteiger partial charge in [-0.3, -0.25) is 4.90 Å². The molecule has 0 aromatic rings. The number of likely N-dealkylation sites (tertiary alicyclic amines) is 1. The van der Waals surface area contributed by atoms with Gasteiger partial charge in [0.25, 0.3) is 0 Å². The van der Waals surface area contributed by atoms with E-state index in [2.05, 4.69) is 49.9 Å². The van der Waals surface area contributed by atoms with Gasteiger partial charge >= 0.3 is 0 Å².